The van der Waals surface area contributed by atoms with E-state index in [0.29, 0.717) is 44.3 Å². The van der Waals surface area contributed by atoms with E-state index >= 15 is 0 Å². The van der Waals surface area contributed by atoms with Crippen molar-refractivity contribution < 1.29 is 9.59 Å². The number of hydrogen-bond acceptors (Lipinski definition) is 6. The molecule has 154 valence electrons. The highest BCUT2D eigenvalue weighted by atomic mass is 32.1. The molecule has 7 nitrogen and oxygen atoms in total. The van der Waals surface area contributed by atoms with Gasteiger partial charge in [-0.1, -0.05) is 65.9 Å². The van der Waals surface area contributed by atoms with E-state index in [1.54, 1.807) is 5.51 Å². The van der Waals surface area contributed by atoms with Gasteiger partial charge in [-0.15, -0.1) is 10.2 Å². The van der Waals surface area contributed by atoms with E-state index in [4.69, 9.17) is 0 Å². The standard InChI is InChI=1S/C22H23N5O2S/c28-20(24-22-25-23-16-30-22)15-26-10-12-27(13-11-26)21(29)14-17-6-8-19(9-7-17)18-4-2-1-3-5-18/h1-9,16H,10-15H2,(H,24,25,28). The minimum Gasteiger partial charge on any atom is -0.340 e. The van der Waals surface area contributed by atoms with Crippen LogP contribution >= 0.6 is 11.3 Å². The minimum atomic E-state index is -0.106. The Labute approximate surface area is 179 Å². The molecular formula is C22H23N5O2S. The molecule has 1 N–H and O–H groups in total. The van der Waals surface area contributed by atoms with Gasteiger partial charge in [-0.2, -0.15) is 0 Å². The lowest BCUT2D eigenvalue weighted by Gasteiger charge is -2.34. The van der Waals surface area contributed by atoms with Crippen LogP contribution in [0.1, 0.15) is 5.56 Å². The van der Waals surface area contributed by atoms with E-state index in [2.05, 4.69) is 44.7 Å². The van der Waals surface area contributed by atoms with Crippen molar-refractivity contribution in [2.75, 3.05) is 38.0 Å². The van der Waals surface area contributed by atoms with Gasteiger partial charge in [-0.25, -0.2) is 0 Å². The number of carbonyl (C=O) groups excluding carboxylic acids is 2. The fourth-order valence-corrected chi connectivity index (χ4v) is 3.94. The molecule has 8 heteroatoms. The van der Waals surface area contributed by atoms with Crippen molar-refractivity contribution in [3.8, 4) is 11.1 Å². The number of hydrogen-bond donors (Lipinski definition) is 1. The van der Waals surface area contributed by atoms with Gasteiger partial charge in [0, 0.05) is 26.2 Å². The first kappa shape index (κ1) is 20.2. The van der Waals surface area contributed by atoms with E-state index in [1.165, 1.54) is 16.9 Å². The third kappa shape index (κ3) is 5.28. The molecule has 1 aliphatic rings. The smallest absolute Gasteiger partial charge is 0.240 e. The Morgan fingerprint density at radius 3 is 2.30 bits per heavy atom. The Kier molecular flexibility index (Phi) is 6.46. The van der Waals surface area contributed by atoms with Gasteiger partial charge in [-0.3, -0.25) is 19.8 Å². The second-order valence-electron chi connectivity index (χ2n) is 7.19. The van der Waals surface area contributed by atoms with Crippen molar-refractivity contribution >= 4 is 28.3 Å². The van der Waals surface area contributed by atoms with Crippen molar-refractivity contribution in [1.29, 1.82) is 0 Å². The molecule has 0 atom stereocenters. The van der Waals surface area contributed by atoms with E-state index < -0.39 is 0 Å². The van der Waals surface area contributed by atoms with Gasteiger partial charge in [0.1, 0.15) is 5.51 Å². The van der Waals surface area contributed by atoms with Crippen LogP contribution in [0.5, 0.6) is 0 Å². The monoisotopic (exact) mass is 421 g/mol. The second kappa shape index (κ2) is 9.60. The highest BCUT2D eigenvalue weighted by Crippen LogP contribution is 2.19. The second-order valence-corrected chi connectivity index (χ2v) is 8.02. The molecule has 1 aromatic heterocycles. The molecule has 2 aromatic carbocycles. The summed E-state index contributed by atoms with van der Waals surface area (Å²) in [4.78, 5) is 28.7. The average molecular weight is 422 g/mol. The summed E-state index contributed by atoms with van der Waals surface area (Å²) >= 11 is 1.29. The molecule has 3 aromatic rings. The van der Waals surface area contributed by atoms with Crippen molar-refractivity contribution in [3.63, 3.8) is 0 Å². The average Bonchev–Trinajstić information content (AvgIpc) is 3.28. The van der Waals surface area contributed by atoms with Crippen LogP contribution in [0.3, 0.4) is 0 Å². The quantitative estimate of drug-likeness (QED) is 0.662. The van der Waals surface area contributed by atoms with Gasteiger partial charge in [0.2, 0.25) is 16.9 Å². The molecule has 2 heterocycles. The zero-order chi connectivity index (χ0) is 20.8. The summed E-state index contributed by atoms with van der Waals surface area (Å²) in [5.41, 5.74) is 4.90. The maximum absolute atomic E-state index is 12.7. The van der Waals surface area contributed by atoms with Crippen molar-refractivity contribution in [1.82, 2.24) is 20.0 Å². The minimum absolute atomic E-state index is 0.106. The number of amides is 2. The fraction of sp³-hybridized carbons (Fsp3) is 0.273. The number of benzene rings is 2. The van der Waals surface area contributed by atoms with E-state index in [-0.39, 0.29) is 11.8 Å². The van der Waals surface area contributed by atoms with Crippen LogP contribution in [-0.4, -0.2) is 64.5 Å². The summed E-state index contributed by atoms with van der Waals surface area (Å²) in [6.07, 6.45) is 0.395. The molecule has 0 bridgehead atoms. The topological polar surface area (TPSA) is 78.4 Å². The molecule has 2 amide bonds. The molecule has 0 spiro atoms. The van der Waals surface area contributed by atoms with Crippen LogP contribution in [0, 0.1) is 0 Å². The summed E-state index contributed by atoms with van der Waals surface area (Å²) in [6, 6.07) is 18.4. The van der Waals surface area contributed by atoms with Crippen molar-refractivity contribution in [2.24, 2.45) is 0 Å². The fourth-order valence-electron chi connectivity index (χ4n) is 3.48. The molecule has 1 aliphatic heterocycles. The zero-order valence-electron chi connectivity index (χ0n) is 16.5. The number of rotatable bonds is 6. The predicted molar refractivity (Wildman–Crippen MR) is 117 cm³/mol. The van der Waals surface area contributed by atoms with E-state index in [9.17, 15) is 9.59 Å². The molecule has 0 aliphatic carbocycles. The maximum atomic E-state index is 12.7. The Balaban J connectivity index is 1.24. The number of aromatic nitrogens is 2. The molecule has 0 saturated carbocycles. The lowest BCUT2D eigenvalue weighted by atomic mass is 10.0. The third-order valence-electron chi connectivity index (χ3n) is 5.12. The number of nitrogens with zero attached hydrogens (tertiary/aromatic N) is 4. The van der Waals surface area contributed by atoms with Crippen LogP contribution in [0.15, 0.2) is 60.1 Å². The Morgan fingerprint density at radius 1 is 0.933 bits per heavy atom. The maximum Gasteiger partial charge on any atom is 0.240 e. The molecule has 1 fully saturated rings. The lowest BCUT2D eigenvalue weighted by molar-refractivity contribution is -0.132. The van der Waals surface area contributed by atoms with E-state index in [0.717, 1.165) is 11.1 Å². The molecular weight excluding hydrogens is 398 g/mol. The Hall–Kier alpha value is -3.10. The van der Waals surface area contributed by atoms with Gasteiger partial charge in [-0.05, 0) is 16.7 Å². The number of nitrogens with one attached hydrogen (secondary N) is 1. The Morgan fingerprint density at radius 2 is 1.63 bits per heavy atom. The van der Waals surface area contributed by atoms with Crippen LogP contribution < -0.4 is 5.32 Å². The SMILES string of the molecule is O=C(CN1CCN(C(=O)Cc2ccc(-c3ccccc3)cc2)CC1)Nc1nncs1. The molecule has 0 unspecified atom stereocenters. The van der Waals surface area contributed by atoms with Crippen molar-refractivity contribution in [3.05, 3.63) is 65.7 Å². The van der Waals surface area contributed by atoms with Crippen LogP contribution in [0.2, 0.25) is 0 Å². The molecule has 4 rings (SSSR count). The first-order chi connectivity index (χ1) is 14.7. The molecule has 30 heavy (non-hydrogen) atoms. The Bertz CT molecular complexity index is 969. The van der Waals surface area contributed by atoms with Gasteiger partial charge in [0.05, 0.1) is 13.0 Å². The van der Waals surface area contributed by atoms with Gasteiger partial charge >= 0.3 is 0 Å². The molecule has 0 radical (unpaired) electrons. The predicted octanol–water partition coefficient (Wildman–Crippen LogP) is 2.53. The third-order valence-corrected chi connectivity index (χ3v) is 5.72. The zero-order valence-corrected chi connectivity index (χ0v) is 17.3. The first-order valence-electron chi connectivity index (χ1n) is 9.88. The van der Waals surface area contributed by atoms with Gasteiger partial charge < -0.3 is 4.90 Å². The number of piperazine rings is 1. The van der Waals surface area contributed by atoms with Crippen LogP contribution in [-0.2, 0) is 16.0 Å². The summed E-state index contributed by atoms with van der Waals surface area (Å²) in [5, 5.41) is 10.8. The van der Waals surface area contributed by atoms with Crippen LogP contribution in [0.25, 0.3) is 11.1 Å². The lowest BCUT2D eigenvalue weighted by Crippen LogP contribution is -2.50. The summed E-state index contributed by atoms with van der Waals surface area (Å²) in [5.74, 6) is 0.0189. The van der Waals surface area contributed by atoms with Crippen molar-refractivity contribution in [2.45, 2.75) is 6.42 Å². The van der Waals surface area contributed by atoms with Gasteiger partial charge in [0.25, 0.3) is 0 Å². The highest BCUT2D eigenvalue weighted by Gasteiger charge is 2.22. The van der Waals surface area contributed by atoms with Gasteiger partial charge in [0.15, 0.2) is 0 Å². The van der Waals surface area contributed by atoms with Crippen LogP contribution in [0.4, 0.5) is 5.13 Å². The number of carbonyl (C=O) groups is 2. The normalized spacial score (nSPS) is 14.5. The summed E-state index contributed by atoms with van der Waals surface area (Å²) in [6.45, 7) is 2.92. The summed E-state index contributed by atoms with van der Waals surface area (Å²) < 4.78 is 0. The first-order valence-corrected chi connectivity index (χ1v) is 10.8. The largest absolute Gasteiger partial charge is 0.340 e. The summed E-state index contributed by atoms with van der Waals surface area (Å²) in [7, 11) is 0. The molecule has 1 saturated heterocycles. The number of anilines is 1. The van der Waals surface area contributed by atoms with E-state index in [1.807, 2.05) is 35.2 Å². The highest BCUT2D eigenvalue weighted by molar-refractivity contribution is 7.13.